The van der Waals surface area contributed by atoms with Crippen molar-refractivity contribution in [1.29, 1.82) is 0 Å². The maximum absolute atomic E-state index is 11.9. The predicted octanol–water partition coefficient (Wildman–Crippen LogP) is 3.50. The van der Waals surface area contributed by atoms with Crippen molar-refractivity contribution >= 4 is 29.0 Å². The molecule has 0 aliphatic heterocycles. The van der Waals surface area contributed by atoms with Crippen molar-refractivity contribution in [2.45, 2.75) is 12.6 Å². The highest BCUT2D eigenvalue weighted by Gasteiger charge is 2.17. The van der Waals surface area contributed by atoms with E-state index in [4.69, 9.17) is 11.6 Å². The molecule has 2 amide bonds. The first-order valence-electron chi connectivity index (χ1n) is 7.03. The number of hydrogen-bond donors (Lipinski definition) is 2. The van der Waals surface area contributed by atoms with Gasteiger partial charge in [-0.25, -0.2) is 4.79 Å². The number of nitrogens with zero attached hydrogens (tertiary/aromatic N) is 1. The van der Waals surface area contributed by atoms with Gasteiger partial charge in [0, 0.05) is 16.4 Å². The van der Waals surface area contributed by atoms with Gasteiger partial charge in [-0.15, -0.1) is 11.3 Å². The summed E-state index contributed by atoms with van der Waals surface area (Å²) in [5, 5.41) is 8.47. The number of carbonyl (C=O) groups excluding carboxylic acids is 1. The van der Waals surface area contributed by atoms with Gasteiger partial charge in [-0.05, 0) is 37.2 Å². The van der Waals surface area contributed by atoms with E-state index in [0.717, 1.165) is 10.4 Å². The Bertz CT molecular complexity index is 601. The number of hydrogen-bond acceptors (Lipinski definition) is 3. The first-order valence-corrected chi connectivity index (χ1v) is 8.28. The molecule has 6 heteroatoms. The van der Waals surface area contributed by atoms with Gasteiger partial charge in [-0.2, -0.15) is 0 Å². The normalized spacial score (nSPS) is 12.2. The summed E-state index contributed by atoms with van der Waals surface area (Å²) in [7, 11) is 3.94. The number of thiophene rings is 1. The molecule has 0 aliphatic rings. The highest BCUT2D eigenvalue weighted by molar-refractivity contribution is 7.09. The molecule has 1 atom stereocenters. The number of nitrogens with one attached hydrogen (secondary N) is 2. The molecular weight excluding hydrogens is 318 g/mol. The summed E-state index contributed by atoms with van der Waals surface area (Å²) in [6.45, 7) is 1.04. The van der Waals surface area contributed by atoms with E-state index in [1.54, 1.807) is 11.3 Å². The molecule has 0 saturated heterocycles. The maximum Gasteiger partial charge on any atom is 0.315 e. The summed E-state index contributed by atoms with van der Waals surface area (Å²) >= 11 is 7.88. The molecule has 2 aromatic rings. The number of carbonyl (C=O) groups is 1. The van der Waals surface area contributed by atoms with Crippen LogP contribution in [0.15, 0.2) is 41.8 Å². The summed E-state index contributed by atoms with van der Waals surface area (Å²) in [6.07, 6.45) is 0. The summed E-state index contributed by atoms with van der Waals surface area (Å²) in [5.74, 6) is 0. The molecule has 0 saturated carbocycles. The maximum atomic E-state index is 11.9. The van der Waals surface area contributed by atoms with Crippen molar-refractivity contribution in [2.75, 3.05) is 20.6 Å². The zero-order valence-electron chi connectivity index (χ0n) is 12.7. The Morgan fingerprint density at radius 1 is 1.23 bits per heavy atom. The van der Waals surface area contributed by atoms with Gasteiger partial charge in [0.2, 0.25) is 0 Å². The lowest BCUT2D eigenvalue weighted by Gasteiger charge is -2.26. The van der Waals surface area contributed by atoms with Crippen molar-refractivity contribution < 1.29 is 4.79 Å². The standard InChI is InChI=1S/C16H20ClN3OS/c1-20(2)15(13-7-3-4-8-14(13)17)11-19-16(21)18-10-12-6-5-9-22-12/h3-9,15H,10-11H2,1-2H3,(H2,18,19,21). The molecule has 0 fully saturated rings. The second-order valence-corrected chi connectivity index (χ2v) is 6.58. The Morgan fingerprint density at radius 2 is 2.00 bits per heavy atom. The molecule has 0 bridgehead atoms. The molecule has 2 rings (SSSR count). The van der Waals surface area contributed by atoms with Crippen molar-refractivity contribution in [3.05, 3.63) is 57.2 Å². The average molecular weight is 338 g/mol. The molecule has 1 aromatic heterocycles. The average Bonchev–Trinajstić information content (AvgIpc) is 3.00. The van der Waals surface area contributed by atoms with Crippen molar-refractivity contribution in [3.8, 4) is 0 Å². The summed E-state index contributed by atoms with van der Waals surface area (Å²) in [5.41, 5.74) is 1.01. The van der Waals surface area contributed by atoms with Crippen molar-refractivity contribution in [3.63, 3.8) is 0 Å². The number of rotatable bonds is 6. The quantitative estimate of drug-likeness (QED) is 0.847. The van der Waals surface area contributed by atoms with Crippen LogP contribution >= 0.6 is 22.9 Å². The smallest absolute Gasteiger partial charge is 0.315 e. The number of amides is 2. The van der Waals surface area contributed by atoms with Gasteiger partial charge in [0.25, 0.3) is 0 Å². The van der Waals surface area contributed by atoms with Crippen LogP contribution in [0.1, 0.15) is 16.5 Å². The summed E-state index contributed by atoms with van der Waals surface area (Å²) in [6, 6.07) is 11.5. The van der Waals surface area contributed by atoms with Gasteiger partial charge in [-0.1, -0.05) is 35.9 Å². The van der Waals surface area contributed by atoms with E-state index in [-0.39, 0.29) is 12.1 Å². The molecule has 0 aliphatic carbocycles. The third-order valence-corrected chi connectivity index (χ3v) is 4.57. The number of halogens is 1. The fourth-order valence-corrected chi connectivity index (χ4v) is 3.05. The van der Waals surface area contributed by atoms with E-state index in [9.17, 15) is 4.79 Å². The van der Waals surface area contributed by atoms with Gasteiger partial charge in [0.15, 0.2) is 0 Å². The van der Waals surface area contributed by atoms with Crippen molar-refractivity contribution in [1.82, 2.24) is 15.5 Å². The van der Waals surface area contributed by atoms with Crippen LogP contribution in [0.4, 0.5) is 4.79 Å². The second kappa shape index (κ2) is 8.17. The lowest BCUT2D eigenvalue weighted by atomic mass is 10.1. The minimum atomic E-state index is -0.174. The van der Waals surface area contributed by atoms with E-state index in [1.165, 1.54) is 0 Å². The third-order valence-electron chi connectivity index (χ3n) is 3.35. The summed E-state index contributed by atoms with van der Waals surface area (Å²) < 4.78 is 0. The fraction of sp³-hybridized carbons (Fsp3) is 0.312. The molecule has 1 heterocycles. The monoisotopic (exact) mass is 337 g/mol. The van der Waals surface area contributed by atoms with E-state index in [0.29, 0.717) is 18.1 Å². The second-order valence-electron chi connectivity index (χ2n) is 5.14. The van der Waals surface area contributed by atoms with Gasteiger partial charge in [0.1, 0.15) is 0 Å². The number of likely N-dealkylation sites (N-methyl/N-ethyl adjacent to an activating group) is 1. The first kappa shape index (κ1) is 16.8. The topological polar surface area (TPSA) is 44.4 Å². The molecule has 0 spiro atoms. The zero-order valence-corrected chi connectivity index (χ0v) is 14.2. The predicted molar refractivity (Wildman–Crippen MR) is 92.4 cm³/mol. The van der Waals surface area contributed by atoms with Crippen LogP contribution in [-0.2, 0) is 6.54 Å². The molecular formula is C16H20ClN3OS. The first-order chi connectivity index (χ1) is 10.6. The van der Waals surface area contributed by atoms with Gasteiger partial charge in [0.05, 0.1) is 12.6 Å². The molecule has 1 aromatic carbocycles. The SMILES string of the molecule is CN(C)C(CNC(=O)NCc1cccs1)c1ccccc1Cl. The zero-order chi connectivity index (χ0) is 15.9. The van der Waals surface area contributed by atoms with Gasteiger partial charge < -0.3 is 15.5 Å². The van der Waals surface area contributed by atoms with Crippen LogP contribution in [0.3, 0.4) is 0 Å². The molecule has 1 unspecified atom stereocenters. The van der Waals surface area contributed by atoms with E-state index >= 15 is 0 Å². The van der Waals surface area contributed by atoms with Gasteiger partial charge >= 0.3 is 6.03 Å². The van der Waals surface area contributed by atoms with Crippen LogP contribution in [0, 0.1) is 0 Å². The van der Waals surface area contributed by atoms with Crippen LogP contribution in [0.25, 0.3) is 0 Å². The van der Waals surface area contributed by atoms with E-state index < -0.39 is 0 Å². The van der Waals surface area contributed by atoms with Gasteiger partial charge in [-0.3, -0.25) is 0 Å². The number of benzene rings is 1. The highest BCUT2D eigenvalue weighted by Crippen LogP contribution is 2.25. The Labute approximate surface area is 140 Å². The largest absolute Gasteiger partial charge is 0.336 e. The van der Waals surface area contributed by atoms with Crippen LogP contribution in [0.2, 0.25) is 5.02 Å². The highest BCUT2D eigenvalue weighted by atomic mass is 35.5. The molecule has 22 heavy (non-hydrogen) atoms. The van der Waals surface area contributed by atoms with E-state index in [2.05, 4.69) is 10.6 Å². The van der Waals surface area contributed by atoms with Crippen LogP contribution in [-0.4, -0.2) is 31.6 Å². The molecule has 2 N–H and O–H groups in total. The third kappa shape index (κ3) is 4.73. The molecule has 118 valence electrons. The van der Waals surface area contributed by atoms with E-state index in [1.807, 2.05) is 60.8 Å². The van der Waals surface area contributed by atoms with Crippen molar-refractivity contribution in [2.24, 2.45) is 0 Å². The molecule has 0 radical (unpaired) electrons. The lowest BCUT2D eigenvalue weighted by molar-refractivity contribution is 0.232. The van der Waals surface area contributed by atoms with Crippen LogP contribution < -0.4 is 10.6 Å². The summed E-state index contributed by atoms with van der Waals surface area (Å²) in [4.78, 5) is 15.1. The fourth-order valence-electron chi connectivity index (χ4n) is 2.15. The Kier molecular flexibility index (Phi) is 6.24. The lowest BCUT2D eigenvalue weighted by Crippen LogP contribution is -2.40. The number of urea groups is 1. The minimum Gasteiger partial charge on any atom is -0.336 e. The Balaban J connectivity index is 1.89. The minimum absolute atomic E-state index is 0.0289. The Hall–Kier alpha value is -1.56. The molecule has 4 nitrogen and oxygen atoms in total. The Morgan fingerprint density at radius 3 is 2.64 bits per heavy atom. The van der Waals surface area contributed by atoms with Crippen LogP contribution in [0.5, 0.6) is 0 Å².